The van der Waals surface area contributed by atoms with Gasteiger partial charge in [-0.3, -0.25) is 4.79 Å². The summed E-state index contributed by atoms with van der Waals surface area (Å²) in [6.07, 6.45) is 3.22. The predicted molar refractivity (Wildman–Crippen MR) is 60.5 cm³/mol. The van der Waals surface area contributed by atoms with E-state index in [2.05, 4.69) is 4.98 Å². The van der Waals surface area contributed by atoms with Gasteiger partial charge in [-0.1, -0.05) is 17.7 Å². The van der Waals surface area contributed by atoms with Gasteiger partial charge in [0.1, 0.15) is 11.2 Å². The SMILES string of the molecule is Cc1cc(C2(C(N)C(=O)O)CC2)cnc1Cl. The van der Waals surface area contributed by atoms with E-state index in [1.54, 1.807) is 6.20 Å². The third-order valence-corrected chi connectivity index (χ3v) is 3.64. The number of carbonyl (C=O) groups is 1. The number of aromatic nitrogens is 1. The van der Waals surface area contributed by atoms with E-state index in [0.29, 0.717) is 5.15 Å². The van der Waals surface area contributed by atoms with Crippen LogP contribution in [0.5, 0.6) is 0 Å². The Balaban J connectivity index is 2.37. The van der Waals surface area contributed by atoms with Gasteiger partial charge in [0.25, 0.3) is 0 Å². The lowest BCUT2D eigenvalue weighted by atomic mass is 9.89. The Hall–Kier alpha value is -1.13. The molecule has 0 spiro atoms. The minimum atomic E-state index is -0.967. The van der Waals surface area contributed by atoms with Crippen molar-refractivity contribution in [2.24, 2.45) is 5.73 Å². The van der Waals surface area contributed by atoms with E-state index in [9.17, 15) is 4.79 Å². The maximum absolute atomic E-state index is 10.9. The summed E-state index contributed by atoms with van der Waals surface area (Å²) in [7, 11) is 0. The molecule has 1 fully saturated rings. The van der Waals surface area contributed by atoms with Crippen molar-refractivity contribution >= 4 is 17.6 Å². The first kappa shape index (κ1) is 11.4. The Kier molecular flexibility index (Phi) is 2.64. The number of hydrogen-bond acceptors (Lipinski definition) is 3. The molecular formula is C11H13ClN2O2. The number of nitrogens with two attached hydrogens (primary N) is 1. The number of halogens is 1. The van der Waals surface area contributed by atoms with Gasteiger partial charge in [-0.25, -0.2) is 4.98 Å². The van der Waals surface area contributed by atoms with Gasteiger partial charge < -0.3 is 10.8 Å². The first-order valence-corrected chi connectivity index (χ1v) is 5.46. The second-order valence-electron chi connectivity index (χ2n) is 4.30. The number of pyridine rings is 1. The quantitative estimate of drug-likeness (QED) is 0.785. The Morgan fingerprint density at radius 1 is 1.69 bits per heavy atom. The number of hydrogen-bond donors (Lipinski definition) is 2. The predicted octanol–water partition coefficient (Wildman–Crippen LogP) is 1.49. The molecule has 1 aliphatic rings. The summed E-state index contributed by atoms with van der Waals surface area (Å²) in [6.45, 7) is 1.85. The van der Waals surface area contributed by atoms with Crippen LogP contribution in [0.3, 0.4) is 0 Å². The van der Waals surface area contributed by atoms with Crippen molar-refractivity contribution in [3.05, 3.63) is 28.5 Å². The summed E-state index contributed by atoms with van der Waals surface area (Å²) < 4.78 is 0. The van der Waals surface area contributed by atoms with Crippen molar-refractivity contribution in [2.45, 2.75) is 31.2 Å². The highest BCUT2D eigenvalue weighted by molar-refractivity contribution is 6.30. The molecule has 4 nitrogen and oxygen atoms in total. The molecular weight excluding hydrogens is 228 g/mol. The first-order valence-electron chi connectivity index (χ1n) is 5.08. The molecule has 2 rings (SSSR count). The normalized spacial score (nSPS) is 19.2. The highest BCUT2D eigenvalue weighted by Gasteiger charge is 2.52. The Labute approximate surface area is 98.4 Å². The topological polar surface area (TPSA) is 76.2 Å². The lowest BCUT2D eigenvalue weighted by molar-refractivity contribution is -0.139. The molecule has 1 atom stereocenters. The molecule has 0 saturated heterocycles. The van der Waals surface area contributed by atoms with Crippen LogP contribution in [0, 0.1) is 6.92 Å². The van der Waals surface area contributed by atoms with Crippen molar-refractivity contribution in [2.75, 3.05) is 0 Å². The zero-order chi connectivity index (χ0) is 11.9. The van der Waals surface area contributed by atoms with Crippen LogP contribution in [-0.4, -0.2) is 22.1 Å². The highest BCUT2D eigenvalue weighted by atomic mass is 35.5. The highest BCUT2D eigenvalue weighted by Crippen LogP contribution is 2.50. The van der Waals surface area contributed by atoms with Gasteiger partial charge in [0.15, 0.2) is 0 Å². The van der Waals surface area contributed by atoms with Gasteiger partial charge in [0.2, 0.25) is 0 Å². The Morgan fingerprint density at radius 2 is 2.31 bits per heavy atom. The van der Waals surface area contributed by atoms with Crippen molar-refractivity contribution in [3.63, 3.8) is 0 Å². The molecule has 0 aliphatic heterocycles. The summed E-state index contributed by atoms with van der Waals surface area (Å²) in [5.74, 6) is -0.967. The maximum atomic E-state index is 10.9. The molecule has 0 bridgehead atoms. The molecule has 0 radical (unpaired) electrons. The molecule has 16 heavy (non-hydrogen) atoms. The second kappa shape index (κ2) is 3.71. The van der Waals surface area contributed by atoms with Gasteiger partial charge in [0, 0.05) is 11.6 Å². The fourth-order valence-electron chi connectivity index (χ4n) is 1.98. The van der Waals surface area contributed by atoms with Crippen LogP contribution >= 0.6 is 11.6 Å². The molecule has 0 aromatic carbocycles. The van der Waals surface area contributed by atoms with E-state index < -0.39 is 17.4 Å². The molecule has 1 aliphatic carbocycles. The monoisotopic (exact) mass is 240 g/mol. The standard InChI is InChI=1S/C11H13ClN2O2/c1-6-4-7(5-14-9(6)12)11(2-3-11)8(13)10(15)16/h4-5,8H,2-3,13H2,1H3,(H,15,16). The lowest BCUT2D eigenvalue weighted by Gasteiger charge is -2.20. The zero-order valence-corrected chi connectivity index (χ0v) is 9.66. The molecule has 1 unspecified atom stereocenters. The van der Waals surface area contributed by atoms with Crippen molar-refractivity contribution < 1.29 is 9.90 Å². The van der Waals surface area contributed by atoms with Gasteiger partial charge in [-0.05, 0) is 30.9 Å². The Bertz CT molecular complexity index is 444. The fourth-order valence-corrected chi connectivity index (χ4v) is 2.08. The first-order chi connectivity index (χ1) is 7.47. The second-order valence-corrected chi connectivity index (χ2v) is 4.66. The molecule has 1 saturated carbocycles. The van der Waals surface area contributed by atoms with Gasteiger partial charge >= 0.3 is 5.97 Å². The number of nitrogens with zero attached hydrogens (tertiary/aromatic N) is 1. The molecule has 5 heteroatoms. The summed E-state index contributed by atoms with van der Waals surface area (Å²) >= 11 is 5.83. The van der Waals surface area contributed by atoms with E-state index in [4.69, 9.17) is 22.4 Å². The minimum Gasteiger partial charge on any atom is -0.480 e. The summed E-state index contributed by atoms with van der Waals surface area (Å²) in [6, 6.07) is 1.01. The molecule has 86 valence electrons. The number of rotatable bonds is 3. The number of carboxylic acid groups (broad SMARTS) is 1. The van der Waals surface area contributed by atoms with Gasteiger partial charge in [0.05, 0.1) is 0 Å². The van der Waals surface area contributed by atoms with Gasteiger partial charge in [-0.15, -0.1) is 0 Å². The van der Waals surface area contributed by atoms with Crippen molar-refractivity contribution in [1.82, 2.24) is 4.98 Å². The van der Waals surface area contributed by atoms with Crippen LogP contribution in [0.1, 0.15) is 24.0 Å². The summed E-state index contributed by atoms with van der Waals surface area (Å²) in [5, 5.41) is 9.42. The van der Waals surface area contributed by atoms with Crippen LogP contribution in [0.15, 0.2) is 12.3 Å². The van der Waals surface area contributed by atoms with Crippen molar-refractivity contribution in [1.29, 1.82) is 0 Å². The molecule has 1 aromatic rings. The van der Waals surface area contributed by atoms with Crippen LogP contribution < -0.4 is 5.73 Å². The minimum absolute atomic E-state index is 0.436. The third kappa shape index (κ3) is 1.68. The fraction of sp³-hybridized carbons (Fsp3) is 0.455. The van der Waals surface area contributed by atoms with Crippen molar-refractivity contribution in [3.8, 4) is 0 Å². The van der Waals surface area contributed by atoms with Crippen LogP contribution in [0.4, 0.5) is 0 Å². The van der Waals surface area contributed by atoms with E-state index in [-0.39, 0.29) is 0 Å². The lowest BCUT2D eigenvalue weighted by Crippen LogP contribution is -2.42. The van der Waals surface area contributed by atoms with E-state index in [1.165, 1.54) is 0 Å². The molecule has 0 amide bonds. The number of aliphatic carboxylic acids is 1. The van der Waals surface area contributed by atoms with E-state index in [1.807, 2.05) is 13.0 Å². The van der Waals surface area contributed by atoms with Gasteiger partial charge in [-0.2, -0.15) is 0 Å². The largest absolute Gasteiger partial charge is 0.480 e. The average Bonchev–Trinajstić information content (AvgIpc) is 3.02. The van der Waals surface area contributed by atoms with E-state index in [0.717, 1.165) is 24.0 Å². The zero-order valence-electron chi connectivity index (χ0n) is 8.90. The van der Waals surface area contributed by atoms with E-state index >= 15 is 0 Å². The Morgan fingerprint density at radius 3 is 2.75 bits per heavy atom. The maximum Gasteiger partial charge on any atom is 0.321 e. The third-order valence-electron chi connectivity index (χ3n) is 3.24. The molecule has 3 N–H and O–H groups in total. The van der Waals surface area contributed by atoms with Crippen LogP contribution in [0.2, 0.25) is 5.15 Å². The smallest absolute Gasteiger partial charge is 0.321 e. The van der Waals surface area contributed by atoms with Crippen LogP contribution in [-0.2, 0) is 10.2 Å². The molecule has 1 aromatic heterocycles. The molecule has 1 heterocycles. The average molecular weight is 241 g/mol. The summed E-state index contributed by atoms with van der Waals surface area (Å²) in [4.78, 5) is 15.0. The number of carboxylic acids is 1. The van der Waals surface area contributed by atoms with Crippen LogP contribution in [0.25, 0.3) is 0 Å². The number of aryl methyl sites for hydroxylation is 1. The summed E-state index contributed by atoms with van der Waals surface area (Å²) in [5.41, 5.74) is 7.01.